The van der Waals surface area contributed by atoms with Crippen LogP contribution in [0.15, 0.2) is 55.2 Å². The van der Waals surface area contributed by atoms with Crippen LogP contribution in [0.25, 0.3) is 11.3 Å². The second-order valence-corrected chi connectivity index (χ2v) is 8.18. The molecule has 1 saturated carbocycles. The Labute approximate surface area is 181 Å². The average Bonchev–Trinajstić information content (AvgIpc) is 3.27. The lowest BCUT2D eigenvalue weighted by atomic mass is 9.91. The molecule has 0 spiro atoms. The van der Waals surface area contributed by atoms with Crippen LogP contribution in [-0.4, -0.2) is 50.2 Å². The van der Waals surface area contributed by atoms with Crippen molar-refractivity contribution >= 4 is 5.91 Å². The van der Waals surface area contributed by atoms with Gasteiger partial charge in [0.15, 0.2) is 0 Å². The molecule has 0 aliphatic heterocycles. The predicted molar refractivity (Wildman–Crippen MR) is 115 cm³/mol. The Morgan fingerprint density at radius 3 is 2.68 bits per heavy atom. The molecule has 0 unspecified atom stereocenters. The third-order valence-corrected chi connectivity index (χ3v) is 5.69. The molecule has 0 bridgehead atoms. The average molecular weight is 423 g/mol. The summed E-state index contributed by atoms with van der Waals surface area (Å²) >= 11 is 0. The smallest absolute Gasteiger partial charge is 0.234 e. The number of rotatable bonds is 7. The van der Waals surface area contributed by atoms with E-state index in [4.69, 9.17) is 0 Å². The van der Waals surface area contributed by atoms with Crippen molar-refractivity contribution in [3.05, 3.63) is 66.6 Å². The number of carbonyl (C=O) groups excluding carboxylic acids is 1. The van der Waals surface area contributed by atoms with Crippen LogP contribution in [0.1, 0.15) is 37.3 Å². The standard InChI is InChI=1S/C23H27FN6O/c1-29(13-17-2-4-19(24)5-3-17)15-23(31)28-20-6-8-21(9-7-20)30-14-18(12-27-30)22-10-11-25-16-26-22/h2-5,10-12,14,16,20-21H,6-9,13,15H2,1H3,(H,28,31). The summed E-state index contributed by atoms with van der Waals surface area (Å²) in [6, 6.07) is 8.79. The van der Waals surface area contributed by atoms with Gasteiger partial charge in [-0.15, -0.1) is 0 Å². The lowest BCUT2D eigenvalue weighted by Crippen LogP contribution is -2.42. The van der Waals surface area contributed by atoms with Crippen LogP contribution >= 0.6 is 0 Å². The molecule has 2 heterocycles. The van der Waals surface area contributed by atoms with Gasteiger partial charge in [0.05, 0.1) is 24.5 Å². The third kappa shape index (κ3) is 5.73. The van der Waals surface area contributed by atoms with Gasteiger partial charge in [-0.25, -0.2) is 14.4 Å². The molecule has 1 fully saturated rings. The maximum Gasteiger partial charge on any atom is 0.234 e. The van der Waals surface area contributed by atoms with E-state index in [-0.39, 0.29) is 17.8 Å². The van der Waals surface area contributed by atoms with E-state index in [1.807, 2.05) is 35.1 Å². The largest absolute Gasteiger partial charge is 0.352 e. The number of amides is 1. The van der Waals surface area contributed by atoms with Crippen molar-refractivity contribution < 1.29 is 9.18 Å². The molecule has 1 aliphatic carbocycles. The Kier molecular flexibility index (Phi) is 6.66. The zero-order valence-electron chi connectivity index (χ0n) is 17.6. The molecule has 1 aromatic carbocycles. The molecule has 2 aromatic heterocycles. The van der Waals surface area contributed by atoms with Gasteiger partial charge in [0.1, 0.15) is 12.1 Å². The maximum absolute atomic E-state index is 13.0. The van der Waals surface area contributed by atoms with Gasteiger partial charge >= 0.3 is 0 Å². The summed E-state index contributed by atoms with van der Waals surface area (Å²) in [6.07, 6.45) is 11.0. The van der Waals surface area contributed by atoms with Gasteiger partial charge in [0.2, 0.25) is 5.91 Å². The van der Waals surface area contributed by atoms with Crippen LogP contribution in [0.2, 0.25) is 0 Å². The van der Waals surface area contributed by atoms with E-state index in [9.17, 15) is 9.18 Å². The Hall–Kier alpha value is -3.13. The van der Waals surface area contributed by atoms with Crippen molar-refractivity contribution in [3.63, 3.8) is 0 Å². The Morgan fingerprint density at radius 2 is 1.97 bits per heavy atom. The first kappa shape index (κ1) is 21.1. The number of carbonyl (C=O) groups is 1. The Bertz CT molecular complexity index is 983. The molecule has 1 N–H and O–H groups in total. The number of likely N-dealkylation sites (N-methyl/N-ethyl adjacent to an activating group) is 1. The monoisotopic (exact) mass is 422 g/mol. The minimum absolute atomic E-state index is 0.0261. The van der Waals surface area contributed by atoms with Gasteiger partial charge in [-0.2, -0.15) is 5.10 Å². The van der Waals surface area contributed by atoms with Gasteiger partial charge in [0.25, 0.3) is 0 Å². The van der Waals surface area contributed by atoms with Crippen LogP contribution in [0.3, 0.4) is 0 Å². The molecule has 1 amide bonds. The van der Waals surface area contributed by atoms with E-state index in [2.05, 4.69) is 20.4 Å². The van der Waals surface area contributed by atoms with Crippen molar-refractivity contribution in [2.45, 2.75) is 44.3 Å². The number of aromatic nitrogens is 4. The summed E-state index contributed by atoms with van der Waals surface area (Å²) in [5.74, 6) is -0.224. The lowest BCUT2D eigenvalue weighted by Gasteiger charge is -2.29. The molecule has 8 heteroatoms. The van der Waals surface area contributed by atoms with Crippen molar-refractivity contribution in [2.75, 3.05) is 13.6 Å². The molecule has 162 valence electrons. The number of hydrogen-bond donors (Lipinski definition) is 1. The number of hydrogen-bond acceptors (Lipinski definition) is 5. The minimum atomic E-state index is -0.250. The van der Waals surface area contributed by atoms with E-state index >= 15 is 0 Å². The number of nitrogens with zero attached hydrogens (tertiary/aromatic N) is 5. The zero-order chi connectivity index (χ0) is 21.6. The summed E-state index contributed by atoms with van der Waals surface area (Å²) in [5.41, 5.74) is 2.84. The number of benzene rings is 1. The highest BCUT2D eigenvalue weighted by molar-refractivity contribution is 5.78. The first-order valence-electron chi connectivity index (χ1n) is 10.6. The summed E-state index contributed by atoms with van der Waals surface area (Å²) < 4.78 is 15.0. The molecular weight excluding hydrogens is 395 g/mol. The second-order valence-electron chi connectivity index (χ2n) is 8.18. The Morgan fingerprint density at radius 1 is 1.19 bits per heavy atom. The highest BCUT2D eigenvalue weighted by atomic mass is 19.1. The minimum Gasteiger partial charge on any atom is -0.352 e. The first-order chi connectivity index (χ1) is 15.1. The van der Waals surface area contributed by atoms with Crippen molar-refractivity contribution in [3.8, 4) is 11.3 Å². The van der Waals surface area contributed by atoms with E-state index in [0.29, 0.717) is 19.1 Å². The molecule has 0 saturated heterocycles. The van der Waals surface area contributed by atoms with Crippen LogP contribution < -0.4 is 5.32 Å². The van der Waals surface area contributed by atoms with Crippen molar-refractivity contribution in [1.29, 1.82) is 0 Å². The molecule has 4 rings (SSSR count). The molecule has 0 atom stereocenters. The van der Waals surface area contributed by atoms with E-state index in [1.54, 1.807) is 18.3 Å². The van der Waals surface area contributed by atoms with Gasteiger partial charge in [-0.05, 0) is 56.5 Å². The van der Waals surface area contributed by atoms with Crippen LogP contribution in [-0.2, 0) is 11.3 Å². The summed E-state index contributed by atoms with van der Waals surface area (Å²) in [6.45, 7) is 0.924. The molecular formula is C23H27FN6O. The molecule has 0 radical (unpaired) electrons. The molecule has 3 aromatic rings. The fraction of sp³-hybridized carbons (Fsp3) is 0.391. The fourth-order valence-electron chi connectivity index (χ4n) is 4.09. The van der Waals surface area contributed by atoms with Gasteiger partial charge in [0, 0.05) is 30.5 Å². The summed E-state index contributed by atoms with van der Waals surface area (Å²) in [5, 5.41) is 7.69. The highest BCUT2D eigenvalue weighted by Gasteiger charge is 2.24. The van der Waals surface area contributed by atoms with E-state index < -0.39 is 0 Å². The first-order valence-corrected chi connectivity index (χ1v) is 10.6. The van der Waals surface area contributed by atoms with Crippen LogP contribution in [0.4, 0.5) is 4.39 Å². The van der Waals surface area contributed by atoms with Crippen LogP contribution in [0.5, 0.6) is 0 Å². The lowest BCUT2D eigenvalue weighted by molar-refractivity contribution is -0.123. The topological polar surface area (TPSA) is 75.9 Å². The van der Waals surface area contributed by atoms with Gasteiger partial charge in [-0.3, -0.25) is 14.4 Å². The normalized spacial score (nSPS) is 18.8. The van der Waals surface area contributed by atoms with Crippen molar-refractivity contribution in [1.82, 2.24) is 30.0 Å². The quantitative estimate of drug-likeness (QED) is 0.633. The highest BCUT2D eigenvalue weighted by Crippen LogP contribution is 2.29. The molecule has 1 aliphatic rings. The van der Waals surface area contributed by atoms with Gasteiger partial charge < -0.3 is 5.32 Å². The van der Waals surface area contributed by atoms with Gasteiger partial charge in [-0.1, -0.05) is 12.1 Å². The summed E-state index contributed by atoms with van der Waals surface area (Å²) in [4.78, 5) is 22.6. The van der Waals surface area contributed by atoms with E-state index in [0.717, 1.165) is 42.5 Å². The number of halogens is 1. The third-order valence-electron chi connectivity index (χ3n) is 5.69. The van der Waals surface area contributed by atoms with Crippen molar-refractivity contribution in [2.24, 2.45) is 0 Å². The number of nitrogens with one attached hydrogen (secondary N) is 1. The fourth-order valence-corrected chi connectivity index (χ4v) is 4.09. The second kappa shape index (κ2) is 9.78. The molecule has 7 nitrogen and oxygen atoms in total. The van der Waals surface area contributed by atoms with Crippen LogP contribution in [0, 0.1) is 5.82 Å². The van der Waals surface area contributed by atoms with E-state index in [1.165, 1.54) is 18.5 Å². The molecule has 31 heavy (non-hydrogen) atoms. The SMILES string of the molecule is CN(CC(=O)NC1CCC(n2cc(-c3ccncn3)cn2)CC1)Cc1ccc(F)cc1. The zero-order valence-corrected chi connectivity index (χ0v) is 17.6. The Balaban J connectivity index is 1.22. The summed E-state index contributed by atoms with van der Waals surface area (Å²) in [7, 11) is 1.90. The predicted octanol–water partition coefficient (Wildman–Crippen LogP) is 3.21. The maximum atomic E-state index is 13.0.